The molecule has 8 bridgehead atoms. The van der Waals surface area contributed by atoms with Crippen molar-refractivity contribution in [2.24, 2.45) is 0 Å². The van der Waals surface area contributed by atoms with E-state index in [1.165, 1.54) is 10.6 Å². The van der Waals surface area contributed by atoms with Crippen molar-refractivity contribution >= 4 is 26.5 Å². The van der Waals surface area contributed by atoms with Crippen LogP contribution < -0.4 is 29.6 Å². The minimum Gasteiger partial charge on any atom is -0.488 e. The van der Waals surface area contributed by atoms with Gasteiger partial charge in [-0.05, 0) is 128 Å². The maximum Gasteiger partial charge on any atom is 0.126 e. The van der Waals surface area contributed by atoms with E-state index < -0.39 is 15.8 Å². The van der Waals surface area contributed by atoms with Gasteiger partial charge in [-0.2, -0.15) is 0 Å². The lowest BCUT2D eigenvalue weighted by Gasteiger charge is -2.25. The Kier molecular flexibility index (Phi) is 14.6. The monoisotopic (exact) mass is 904 g/mol. The number of ether oxygens (including phenoxy) is 4. The van der Waals surface area contributed by atoms with Gasteiger partial charge < -0.3 is 18.9 Å². The molecule has 8 aromatic rings. The third kappa shape index (κ3) is 11.1. The molecular formula is C60H58O4P2. The summed E-state index contributed by atoms with van der Waals surface area (Å²) >= 11 is 0. The first-order valence-corrected chi connectivity index (χ1v) is 27.4. The van der Waals surface area contributed by atoms with E-state index in [4.69, 9.17) is 18.9 Å². The smallest absolute Gasteiger partial charge is 0.126 e. The van der Waals surface area contributed by atoms with Gasteiger partial charge in [-0.25, -0.2) is 0 Å². The second kappa shape index (κ2) is 21.4. The summed E-state index contributed by atoms with van der Waals surface area (Å²) in [4.78, 5) is 0. The Hall–Kier alpha value is -6.18. The fraction of sp³-hybridized carbons (Fsp3) is 0.200. The molecule has 1 aliphatic carbocycles. The van der Waals surface area contributed by atoms with E-state index in [-0.39, 0.29) is 0 Å². The van der Waals surface area contributed by atoms with Crippen LogP contribution in [-0.2, 0) is 52.1 Å². The Labute approximate surface area is 394 Å². The predicted octanol–water partition coefficient (Wildman–Crippen LogP) is 13.4. The Balaban J connectivity index is 1.27. The summed E-state index contributed by atoms with van der Waals surface area (Å²) in [6.07, 6.45) is 2.56. The lowest BCUT2D eigenvalue weighted by atomic mass is 9.91. The van der Waals surface area contributed by atoms with Gasteiger partial charge in [0.1, 0.15) is 49.4 Å². The summed E-state index contributed by atoms with van der Waals surface area (Å²) < 4.78 is 28.3. The number of benzene rings is 8. The summed E-state index contributed by atoms with van der Waals surface area (Å²) in [6.45, 7) is 11.2. The Morgan fingerprint density at radius 1 is 0.288 bits per heavy atom. The molecule has 0 unspecified atom stereocenters. The highest BCUT2D eigenvalue weighted by atomic mass is 31.1. The van der Waals surface area contributed by atoms with Gasteiger partial charge in [0.05, 0.1) is 0 Å². The average molecular weight is 905 g/mol. The van der Waals surface area contributed by atoms with E-state index in [1.54, 1.807) is 0 Å². The fourth-order valence-corrected chi connectivity index (χ4v) is 10.5. The van der Waals surface area contributed by atoms with E-state index in [1.807, 2.05) is 0 Å². The summed E-state index contributed by atoms with van der Waals surface area (Å²) in [6, 6.07) is 64.9. The zero-order valence-corrected chi connectivity index (χ0v) is 40.3. The Morgan fingerprint density at radius 3 is 0.742 bits per heavy atom. The van der Waals surface area contributed by atoms with Crippen molar-refractivity contribution in [2.45, 2.75) is 52.1 Å². The Bertz CT molecular complexity index is 2570. The molecule has 9 rings (SSSR count). The molecule has 8 aromatic carbocycles. The first-order valence-electron chi connectivity index (χ1n) is 22.9. The molecule has 0 spiro atoms. The van der Waals surface area contributed by atoms with Gasteiger partial charge in [0.2, 0.25) is 0 Å². The molecule has 0 saturated heterocycles. The van der Waals surface area contributed by atoms with Crippen LogP contribution in [0.1, 0.15) is 66.8 Å². The number of fused-ring (bicyclic) bond motifs is 8. The number of para-hydroxylation sites is 2. The second-order valence-electron chi connectivity index (χ2n) is 17.6. The van der Waals surface area contributed by atoms with Gasteiger partial charge in [0.15, 0.2) is 0 Å². The molecule has 0 heterocycles. The zero-order chi connectivity index (χ0) is 45.2. The minimum absolute atomic E-state index is 0.437. The molecule has 6 heteroatoms. The molecule has 332 valence electrons. The van der Waals surface area contributed by atoms with E-state index in [0.29, 0.717) is 52.1 Å². The van der Waals surface area contributed by atoms with Crippen LogP contribution in [0.5, 0.6) is 23.0 Å². The van der Waals surface area contributed by atoms with Crippen molar-refractivity contribution in [1.82, 2.24) is 0 Å². The van der Waals surface area contributed by atoms with E-state index in [0.717, 1.165) is 89.8 Å². The summed E-state index contributed by atoms with van der Waals surface area (Å²) in [7, 11) is -0.874. The molecule has 4 nitrogen and oxygen atoms in total. The molecule has 0 amide bonds. The summed E-state index contributed by atoms with van der Waals surface area (Å²) in [5.41, 5.74) is 13.7. The molecule has 0 fully saturated rings. The average Bonchev–Trinajstić information content (AvgIpc) is 3.34. The fourth-order valence-electron chi connectivity index (χ4n) is 8.83. The van der Waals surface area contributed by atoms with Crippen LogP contribution in [0, 0.1) is 0 Å². The molecule has 0 aromatic heterocycles. The number of hydrogen-bond donors (Lipinski definition) is 0. The zero-order valence-electron chi connectivity index (χ0n) is 38.5. The van der Waals surface area contributed by atoms with Crippen LogP contribution in [0.3, 0.4) is 0 Å². The molecule has 66 heavy (non-hydrogen) atoms. The normalized spacial score (nSPS) is 12.2. The summed E-state index contributed by atoms with van der Waals surface area (Å²) in [5, 5.41) is 2.68. The topological polar surface area (TPSA) is 36.9 Å². The Morgan fingerprint density at radius 2 is 0.515 bits per heavy atom. The van der Waals surface area contributed by atoms with Crippen LogP contribution >= 0.6 is 15.8 Å². The van der Waals surface area contributed by atoms with Gasteiger partial charge in [0.25, 0.3) is 0 Å². The van der Waals surface area contributed by atoms with Gasteiger partial charge >= 0.3 is 0 Å². The number of hydrogen-bond acceptors (Lipinski definition) is 4. The third-order valence-electron chi connectivity index (χ3n) is 12.3. The maximum atomic E-state index is 7.08. The highest BCUT2D eigenvalue weighted by Crippen LogP contribution is 2.41. The molecule has 0 aliphatic heterocycles. The van der Waals surface area contributed by atoms with Crippen molar-refractivity contribution in [2.75, 3.05) is 26.7 Å². The van der Waals surface area contributed by atoms with Crippen molar-refractivity contribution < 1.29 is 18.9 Å². The molecule has 0 radical (unpaired) electrons. The highest BCUT2D eigenvalue weighted by Gasteiger charge is 2.24. The highest BCUT2D eigenvalue weighted by molar-refractivity contribution is 7.64. The minimum atomic E-state index is -0.437. The van der Waals surface area contributed by atoms with Gasteiger partial charge in [0, 0.05) is 25.7 Å². The van der Waals surface area contributed by atoms with Crippen molar-refractivity contribution in [3.8, 4) is 23.0 Å². The van der Waals surface area contributed by atoms with E-state index in [9.17, 15) is 0 Å². The first kappa shape index (κ1) is 45.0. The maximum absolute atomic E-state index is 7.08. The quantitative estimate of drug-likeness (QED) is 0.102. The SMILES string of the molecule is CP(C)c1cc2c(OCc3ccccc3)c(c1)Cc1cccc(c1OCc1ccccc1)Cc1cc(P(C)C)cc(c1OCc1ccccc1)Cc1cccc(c1OCc1ccccc1)C2. The van der Waals surface area contributed by atoms with Crippen molar-refractivity contribution in [3.05, 3.63) is 249 Å². The largest absolute Gasteiger partial charge is 0.488 e. The van der Waals surface area contributed by atoms with Crippen LogP contribution in [0.2, 0.25) is 0 Å². The molecule has 0 saturated carbocycles. The molecular weight excluding hydrogens is 847 g/mol. The standard InChI is InChI=1S/C60H58O4P2/c1-65(2)55-35-51-31-47-27-17-29-49(57(47)61-39-43-19-9-5-10-20-43)33-53-37-56(66(3)4)38-54(60(53)64-42-46-25-15-8-16-26-46)34-50-30-18-28-48(58(50)62-40-44-21-11-6-12-22-44)32-52(36-55)59(51)63-41-45-23-13-7-14-24-45/h5-30,35-38H,31-34,39-42H2,1-4H3. The van der Waals surface area contributed by atoms with Crippen LogP contribution in [0.15, 0.2) is 182 Å². The molecule has 0 atom stereocenters. The number of rotatable bonds is 14. The van der Waals surface area contributed by atoms with Gasteiger partial charge in [-0.3, -0.25) is 0 Å². The summed E-state index contributed by atoms with van der Waals surface area (Å²) in [5.74, 6) is 3.69. The van der Waals surface area contributed by atoms with Crippen LogP contribution in [-0.4, -0.2) is 26.7 Å². The predicted molar refractivity (Wildman–Crippen MR) is 277 cm³/mol. The van der Waals surface area contributed by atoms with Gasteiger partial charge in [-0.15, -0.1) is 0 Å². The van der Waals surface area contributed by atoms with Crippen molar-refractivity contribution in [1.29, 1.82) is 0 Å². The lowest BCUT2D eigenvalue weighted by molar-refractivity contribution is 0.293. The third-order valence-corrected chi connectivity index (χ3v) is 14.9. The second-order valence-corrected chi connectivity index (χ2v) is 22.2. The van der Waals surface area contributed by atoms with E-state index >= 15 is 0 Å². The van der Waals surface area contributed by atoms with Crippen LogP contribution in [0.4, 0.5) is 0 Å². The first-order chi connectivity index (χ1) is 32.3. The van der Waals surface area contributed by atoms with E-state index in [2.05, 4.69) is 209 Å². The van der Waals surface area contributed by atoms with Gasteiger partial charge in [-0.1, -0.05) is 174 Å². The molecule has 0 N–H and O–H groups in total. The van der Waals surface area contributed by atoms with Crippen LogP contribution in [0.25, 0.3) is 0 Å². The lowest BCUT2D eigenvalue weighted by Crippen LogP contribution is -2.13. The molecule has 1 aliphatic rings. The van der Waals surface area contributed by atoms with Crippen molar-refractivity contribution in [3.63, 3.8) is 0 Å².